The van der Waals surface area contributed by atoms with Crippen LogP contribution in [0.1, 0.15) is 115 Å². The monoisotopic (exact) mass is 314 g/mol. The summed E-state index contributed by atoms with van der Waals surface area (Å²) in [5.74, 6) is 3.08. The third-order valence-corrected chi connectivity index (χ3v) is 3.32. The lowest BCUT2D eigenvalue weighted by atomic mass is 9.75. The fourth-order valence-electron chi connectivity index (χ4n) is 2.33. The Kier molecular flexibility index (Phi) is 34.7. The van der Waals surface area contributed by atoms with Crippen molar-refractivity contribution in [1.29, 1.82) is 0 Å². The first-order valence-corrected chi connectivity index (χ1v) is 10.2. The van der Waals surface area contributed by atoms with E-state index in [4.69, 9.17) is 0 Å². The van der Waals surface area contributed by atoms with Crippen LogP contribution in [0.4, 0.5) is 0 Å². The van der Waals surface area contributed by atoms with Crippen LogP contribution >= 0.6 is 0 Å². The number of allylic oxidation sites excluding steroid dienone is 1. The smallest absolute Gasteiger partial charge is 0.0294 e. The van der Waals surface area contributed by atoms with E-state index < -0.39 is 0 Å². The van der Waals surface area contributed by atoms with Gasteiger partial charge in [-0.05, 0) is 43.4 Å². The van der Waals surface area contributed by atoms with Crippen LogP contribution in [0.5, 0.6) is 0 Å². The van der Waals surface area contributed by atoms with Crippen molar-refractivity contribution in [3.8, 4) is 0 Å². The van der Waals surface area contributed by atoms with Gasteiger partial charge in [-0.1, -0.05) is 101 Å². The summed E-state index contributed by atoms with van der Waals surface area (Å²) >= 11 is 0. The number of hydrogen-bond donors (Lipinski definition) is 0. The van der Waals surface area contributed by atoms with Crippen molar-refractivity contribution >= 4 is 0 Å². The minimum atomic E-state index is 0.942. The Morgan fingerprint density at radius 2 is 1.09 bits per heavy atom. The van der Waals surface area contributed by atoms with Crippen molar-refractivity contribution in [3.05, 3.63) is 12.2 Å². The third-order valence-electron chi connectivity index (χ3n) is 3.32. The lowest BCUT2D eigenvalue weighted by molar-refractivity contribution is 0.206. The molecule has 2 saturated carbocycles. The summed E-state index contributed by atoms with van der Waals surface area (Å²) in [6, 6.07) is 0. The molecule has 0 aromatic heterocycles. The van der Waals surface area contributed by atoms with Gasteiger partial charge in [0.15, 0.2) is 0 Å². The molecule has 2 fully saturated rings. The van der Waals surface area contributed by atoms with Gasteiger partial charge in [0.2, 0.25) is 0 Å². The molecule has 0 N–H and O–H groups in total. The van der Waals surface area contributed by atoms with E-state index in [9.17, 15) is 0 Å². The Hall–Kier alpha value is -0.260. The Labute approximate surface area is 145 Å². The van der Waals surface area contributed by atoms with E-state index in [-0.39, 0.29) is 0 Å². The van der Waals surface area contributed by atoms with E-state index in [1.807, 2.05) is 41.5 Å². The molecule has 0 saturated heterocycles. The number of hydrogen-bond acceptors (Lipinski definition) is 0. The molecule has 2 aliphatic carbocycles. The Bertz CT molecular complexity index is 166. The van der Waals surface area contributed by atoms with Crippen LogP contribution in [-0.2, 0) is 0 Å². The van der Waals surface area contributed by atoms with Crippen LogP contribution in [0.15, 0.2) is 12.2 Å². The molecular formula is C22H50. The van der Waals surface area contributed by atoms with Crippen LogP contribution in [0.2, 0.25) is 0 Å². The highest BCUT2D eigenvalue weighted by molar-refractivity contribution is 5.05. The number of rotatable bonds is 1. The molecule has 0 radical (unpaired) electrons. The average molecular weight is 315 g/mol. The molecule has 0 heteroatoms. The quantitative estimate of drug-likeness (QED) is 0.424. The maximum atomic E-state index is 3.81. The van der Waals surface area contributed by atoms with Gasteiger partial charge in [-0.3, -0.25) is 0 Å². The van der Waals surface area contributed by atoms with Gasteiger partial charge in [0.25, 0.3) is 0 Å². The topological polar surface area (TPSA) is 0 Å². The second kappa shape index (κ2) is 25.7. The van der Waals surface area contributed by atoms with Crippen molar-refractivity contribution in [3.63, 3.8) is 0 Å². The lowest BCUT2D eigenvalue weighted by Crippen LogP contribution is -2.19. The molecule has 2 aliphatic rings. The molecule has 0 bridgehead atoms. The van der Waals surface area contributed by atoms with E-state index in [2.05, 4.69) is 41.2 Å². The van der Waals surface area contributed by atoms with E-state index in [0.717, 1.165) is 17.8 Å². The highest BCUT2D eigenvalue weighted by Crippen LogP contribution is 2.34. The summed E-state index contributed by atoms with van der Waals surface area (Å²) in [5, 5.41) is 0. The molecule has 0 unspecified atom stereocenters. The molecule has 0 aliphatic heterocycles. The minimum Gasteiger partial charge on any atom is -0.0998 e. The second-order valence-electron chi connectivity index (χ2n) is 5.82. The Balaban J connectivity index is -0.0000000987. The van der Waals surface area contributed by atoms with E-state index in [1.165, 1.54) is 44.1 Å². The van der Waals surface area contributed by atoms with Gasteiger partial charge in [0, 0.05) is 0 Å². The molecule has 0 aromatic rings. The van der Waals surface area contributed by atoms with Gasteiger partial charge in [-0.2, -0.15) is 0 Å². The van der Waals surface area contributed by atoms with Gasteiger partial charge in [-0.15, -0.1) is 0 Å². The zero-order valence-corrected chi connectivity index (χ0v) is 18.2. The Morgan fingerprint density at radius 3 is 1.14 bits per heavy atom. The lowest BCUT2D eigenvalue weighted by Gasteiger charge is -2.31. The molecule has 0 heterocycles. The summed E-state index contributed by atoms with van der Waals surface area (Å²) in [6.45, 7) is 26.9. The maximum Gasteiger partial charge on any atom is -0.0294 e. The zero-order valence-electron chi connectivity index (χ0n) is 18.2. The standard InChI is InChI=1S/C7H14.C6H10.C3H8.3C2H6/c1-3-7-4-6(2)5-7;1-5-3-6(2)4-5;1-3-2;3*1-2/h6-7H,3-5H2,1-2H3;6H,1,3-4H2,2H3;3H2,1-2H3;3*1-2H3. The molecule has 138 valence electrons. The van der Waals surface area contributed by atoms with Crippen LogP contribution in [0.25, 0.3) is 0 Å². The van der Waals surface area contributed by atoms with Crippen LogP contribution < -0.4 is 0 Å². The molecule has 0 spiro atoms. The van der Waals surface area contributed by atoms with Crippen LogP contribution in [0.3, 0.4) is 0 Å². The maximum absolute atomic E-state index is 3.81. The average Bonchev–Trinajstić information content (AvgIpc) is 2.50. The largest absolute Gasteiger partial charge is 0.0998 e. The fraction of sp³-hybridized carbons (Fsp3) is 0.909. The van der Waals surface area contributed by atoms with Crippen molar-refractivity contribution in [2.24, 2.45) is 17.8 Å². The molecule has 0 aromatic carbocycles. The third kappa shape index (κ3) is 22.0. The first kappa shape index (κ1) is 29.7. The van der Waals surface area contributed by atoms with Gasteiger partial charge in [-0.25, -0.2) is 0 Å². The highest BCUT2D eigenvalue weighted by atomic mass is 14.3. The zero-order chi connectivity index (χ0) is 18.6. The van der Waals surface area contributed by atoms with Crippen molar-refractivity contribution in [1.82, 2.24) is 0 Å². The predicted molar refractivity (Wildman–Crippen MR) is 110 cm³/mol. The summed E-state index contributed by atoms with van der Waals surface area (Å²) in [6.07, 6.45) is 8.21. The van der Waals surface area contributed by atoms with Gasteiger partial charge in [0.05, 0.1) is 0 Å². The SMILES string of the molecule is C=C1CC(C)C1.CC.CC.CC.CCC.CCC1CC(C)C1. The second-order valence-corrected chi connectivity index (χ2v) is 5.82. The van der Waals surface area contributed by atoms with E-state index in [0.29, 0.717) is 0 Å². The minimum absolute atomic E-state index is 0.942. The van der Waals surface area contributed by atoms with Crippen molar-refractivity contribution in [2.75, 3.05) is 0 Å². The highest BCUT2D eigenvalue weighted by Gasteiger charge is 2.22. The van der Waals surface area contributed by atoms with Gasteiger partial charge < -0.3 is 0 Å². The summed E-state index contributed by atoms with van der Waals surface area (Å²) < 4.78 is 0. The molecular weight excluding hydrogens is 264 g/mol. The van der Waals surface area contributed by atoms with Crippen LogP contribution in [0, 0.1) is 17.8 Å². The normalized spacial score (nSPS) is 21.0. The van der Waals surface area contributed by atoms with Gasteiger partial charge >= 0.3 is 0 Å². The first-order chi connectivity index (χ1) is 10.5. The van der Waals surface area contributed by atoms with Gasteiger partial charge in [0.1, 0.15) is 0 Å². The molecule has 2 rings (SSSR count). The summed E-state index contributed by atoms with van der Waals surface area (Å²) in [4.78, 5) is 0. The van der Waals surface area contributed by atoms with E-state index in [1.54, 1.807) is 0 Å². The van der Waals surface area contributed by atoms with E-state index >= 15 is 0 Å². The Morgan fingerprint density at radius 1 is 0.773 bits per heavy atom. The molecule has 0 amide bonds. The molecule has 22 heavy (non-hydrogen) atoms. The fourth-order valence-corrected chi connectivity index (χ4v) is 2.33. The summed E-state index contributed by atoms with van der Waals surface area (Å²) in [5.41, 5.74) is 1.43. The van der Waals surface area contributed by atoms with Crippen molar-refractivity contribution < 1.29 is 0 Å². The molecule has 0 atom stereocenters. The molecule has 0 nitrogen and oxygen atoms in total. The van der Waals surface area contributed by atoms with Crippen LogP contribution in [-0.4, -0.2) is 0 Å². The first-order valence-electron chi connectivity index (χ1n) is 10.2. The predicted octanol–water partition coefficient (Wildman–Crippen LogP) is 8.91. The van der Waals surface area contributed by atoms with Crippen molar-refractivity contribution in [2.45, 2.75) is 115 Å². The summed E-state index contributed by atoms with van der Waals surface area (Å²) in [7, 11) is 0.